The number of amides is 3. The molecule has 0 aromatic heterocycles. The molecule has 6 N–H and O–H groups in total. The minimum atomic E-state index is -4.89. The lowest BCUT2D eigenvalue weighted by atomic mass is 9.90. The van der Waals surface area contributed by atoms with Crippen molar-refractivity contribution in [3.8, 4) is 0 Å². The number of benzene rings is 3. The highest BCUT2D eigenvalue weighted by molar-refractivity contribution is 7.91. The van der Waals surface area contributed by atoms with Crippen LogP contribution in [0.15, 0.2) is 145 Å². The lowest BCUT2D eigenvalue weighted by Crippen LogP contribution is -2.30. The van der Waals surface area contributed by atoms with Gasteiger partial charge in [-0.15, -0.1) is 5.11 Å². The number of rotatable bonds is 9. The normalized spacial score (nSPS) is 16.5. The van der Waals surface area contributed by atoms with E-state index in [9.17, 15) is 45.1 Å². The predicted octanol–water partition coefficient (Wildman–Crippen LogP) is 4.96. The van der Waals surface area contributed by atoms with Gasteiger partial charge in [-0.25, -0.2) is 4.79 Å². The summed E-state index contributed by atoms with van der Waals surface area (Å²) in [4.78, 5) is 49.3. The molecule has 0 saturated heterocycles. The number of anilines is 3. The Kier molecular flexibility index (Phi) is 10.1. The highest BCUT2D eigenvalue weighted by atomic mass is 32.2. The van der Waals surface area contributed by atoms with Gasteiger partial charge in [0.25, 0.3) is 20.2 Å². The van der Waals surface area contributed by atoms with Crippen LogP contribution in [0.25, 0.3) is 0 Å². The van der Waals surface area contributed by atoms with Crippen molar-refractivity contribution in [2.24, 2.45) is 15.3 Å². The number of Topliss-reactive ketones (excluding diaryl/α,β-unsaturated/α-hetero) is 1. The van der Waals surface area contributed by atoms with Crippen LogP contribution in [0.2, 0.25) is 0 Å². The van der Waals surface area contributed by atoms with Gasteiger partial charge in [-0.1, -0.05) is 18.2 Å². The molecule has 0 unspecified atom stereocenters. The number of azo groups is 1. The summed E-state index contributed by atoms with van der Waals surface area (Å²) in [5, 5.41) is 19.4. The highest BCUT2D eigenvalue weighted by Crippen LogP contribution is 2.33. The SMILES string of the molecule is CC(=O)Nc1ccc(NN=C2C=C3C(=O)C=C(NC(=O)Nc4ccc5c(c4)CC(S(=O)(=O)O)=C(N=Nc4ccccc4)C5=O)C=C3C=C2S(=O)(=O)O)cc1. The van der Waals surface area contributed by atoms with Crippen molar-refractivity contribution in [2.45, 2.75) is 13.3 Å². The van der Waals surface area contributed by atoms with E-state index in [1.54, 1.807) is 54.6 Å². The molecule has 0 atom stereocenters. The Hall–Kier alpha value is -6.67. The van der Waals surface area contributed by atoms with Gasteiger partial charge in [-0.2, -0.15) is 27.1 Å². The molecule has 0 fully saturated rings. The zero-order chi connectivity index (χ0) is 38.8. The zero-order valence-electron chi connectivity index (χ0n) is 27.8. The fourth-order valence-electron chi connectivity index (χ4n) is 5.43. The largest absolute Gasteiger partial charge is 0.326 e. The smallest absolute Gasteiger partial charge is 0.323 e. The van der Waals surface area contributed by atoms with Crippen molar-refractivity contribution in [3.05, 3.63) is 141 Å². The van der Waals surface area contributed by atoms with Crippen LogP contribution in [-0.4, -0.2) is 55.2 Å². The molecular weight excluding hydrogens is 743 g/mol. The summed E-state index contributed by atoms with van der Waals surface area (Å²) in [6, 6.07) is 17.7. The van der Waals surface area contributed by atoms with Crippen molar-refractivity contribution < 1.29 is 45.1 Å². The maximum atomic E-state index is 13.3. The molecule has 3 aliphatic rings. The first-order valence-electron chi connectivity index (χ1n) is 15.6. The van der Waals surface area contributed by atoms with Crippen molar-refractivity contribution in [1.29, 1.82) is 0 Å². The van der Waals surface area contributed by atoms with E-state index >= 15 is 0 Å². The Balaban J connectivity index is 1.18. The maximum Gasteiger partial charge on any atom is 0.323 e. The maximum absolute atomic E-state index is 13.3. The number of nitrogens with one attached hydrogen (secondary N) is 4. The number of ketones is 2. The number of hydrogen-bond acceptors (Lipinski definition) is 12. The number of nitrogens with zero attached hydrogens (tertiary/aromatic N) is 3. The van der Waals surface area contributed by atoms with E-state index in [4.69, 9.17) is 0 Å². The van der Waals surface area contributed by atoms with E-state index in [2.05, 4.69) is 36.7 Å². The Bertz CT molecular complexity index is 2590. The van der Waals surface area contributed by atoms with Gasteiger partial charge in [0.2, 0.25) is 11.7 Å². The van der Waals surface area contributed by atoms with Crippen LogP contribution in [0.5, 0.6) is 0 Å². The minimum absolute atomic E-state index is 0.0136. The van der Waals surface area contributed by atoms with Crippen molar-refractivity contribution >= 4 is 72.2 Å². The van der Waals surface area contributed by atoms with Crippen LogP contribution >= 0.6 is 0 Å². The fraction of sp³-hybridized carbons (Fsp3) is 0.0571. The zero-order valence-corrected chi connectivity index (χ0v) is 29.4. The summed E-state index contributed by atoms with van der Waals surface area (Å²) < 4.78 is 68.9. The van der Waals surface area contributed by atoms with Gasteiger partial charge in [0.05, 0.1) is 11.4 Å². The molecule has 274 valence electrons. The Labute approximate surface area is 307 Å². The van der Waals surface area contributed by atoms with Gasteiger partial charge >= 0.3 is 6.03 Å². The monoisotopic (exact) mass is 769 g/mol. The van der Waals surface area contributed by atoms with Crippen LogP contribution in [0, 0.1) is 0 Å². The standard InChI is InChI=1S/C35H27N7O10S2/c1-19(43)36-22-7-9-24(10-8-22)39-41-29-18-28-21(15-31(29)53(47,48)49)14-26(17-30(28)44)38-35(46)37-25-11-12-27-20(13-25)16-32(54(50,51)52)33(34(27)45)42-40-23-5-3-2-4-6-23/h2-15,17-18,39H,16H2,1H3,(H,36,43)(H2,37,38,46)(H,47,48,49)(H,50,51,52). The number of fused-ring (bicyclic) bond motifs is 2. The van der Waals surface area contributed by atoms with Crippen molar-refractivity contribution in [3.63, 3.8) is 0 Å². The van der Waals surface area contributed by atoms with Gasteiger partial charge in [-0.05, 0) is 84.0 Å². The number of urea groups is 1. The molecule has 54 heavy (non-hydrogen) atoms. The molecule has 0 saturated carbocycles. The summed E-state index contributed by atoms with van der Waals surface area (Å²) in [6.07, 6.45) is 4.11. The van der Waals surface area contributed by atoms with Crippen molar-refractivity contribution in [1.82, 2.24) is 5.32 Å². The van der Waals surface area contributed by atoms with Gasteiger partial charge in [-0.3, -0.25) is 28.9 Å². The average molecular weight is 770 g/mol. The minimum Gasteiger partial charge on any atom is -0.326 e. The quantitative estimate of drug-likeness (QED) is 0.0962. The van der Waals surface area contributed by atoms with E-state index in [0.29, 0.717) is 17.1 Å². The van der Waals surface area contributed by atoms with Crippen LogP contribution in [0.1, 0.15) is 22.8 Å². The summed E-state index contributed by atoms with van der Waals surface area (Å²) in [7, 11) is -9.75. The third-order valence-electron chi connectivity index (χ3n) is 7.81. The Morgan fingerprint density at radius 3 is 2.09 bits per heavy atom. The molecule has 0 spiro atoms. The first-order valence-corrected chi connectivity index (χ1v) is 18.5. The van der Waals surface area contributed by atoms with Gasteiger partial charge in [0, 0.05) is 47.6 Å². The second kappa shape index (κ2) is 14.8. The van der Waals surface area contributed by atoms with E-state index in [-0.39, 0.29) is 45.3 Å². The molecular formula is C35H27N7O10S2. The lowest BCUT2D eigenvalue weighted by Gasteiger charge is -2.20. The van der Waals surface area contributed by atoms with Crippen LogP contribution < -0.4 is 21.4 Å². The molecule has 17 nitrogen and oxygen atoms in total. The third-order valence-corrected chi connectivity index (χ3v) is 9.65. The molecule has 3 aliphatic carbocycles. The Morgan fingerprint density at radius 2 is 1.43 bits per heavy atom. The second-order valence-electron chi connectivity index (χ2n) is 11.7. The number of carbonyl (C=O) groups is 4. The molecule has 19 heteroatoms. The van der Waals surface area contributed by atoms with Crippen LogP contribution in [-0.2, 0) is 36.2 Å². The molecule has 0 heterocycles. The topological polar surface area (TPSA) is 262 Å². The van der Waals surface area contributed by atoms with E-state index in [0.717, 1.165) is 18.2 Å². The summed E-state index contributed by atoms with van der Waals surface area (Å²) in [6.45, 7) is 1.35. The summed E-state index contributed by atoms with van der Waals surface area (Å²) in [5.74, 6) is -1.71. The number of carbonyl (C=O) groups excluding carboxylic acids is 4. The molecule has 3 amide bonds. The van der Waals surface area contributed by atoms with Crippen LogP contribution in [0.4, 0.5) is 27.5 Å². The molecule has 0 bridgehead atoms. The van der Waals surface area contributed by atoms with E-state index < -0.39 is 59.8 Å². The first kappa shape index (κ1) is 37.1. The first-order chi connectivity index (χ1) is 25.5. The molecule has 0 aliphatic heterocycles. The van der Waals surface area contributed by atoms with Gasteiger partial charge in [0.15, 0.2) is 11.5 Å². The number of allylic oxidation sites excluding steroid dienone is 9. The summed E-state index contributed by atoms with van der Waals surface area (Å²) >= 11 is 0. The third kappa shape index (κ3) is 8.51. The predicted molar refractivity (Wildman–Crippen MR) is 197 cm³/mol. The average Bonchev–Trinajstić information content (AvgIpc) is 3.10. The Morgan fingerprint density at radius 1 is 0.741 bits per heavy atom. The molecule has 6 rings (SSSR count). The lowest BCUT2D eigenvalue weighted by molar-refractivity contribution is -0.114. The number of hydrazone groups is 1. The number of hydrogen-bond donors (Lipinski definition) is 6. The molecule has 3 aromatic carbocycles. The highest BCUT2D eigenvalue weighted by Gasteiger charge is 2.33. The second-order valence-corrected chi connectivity index (χ2v) is 14.5. The van der Waals surface area contributed by atoms with E-state index in [1.165, 1.54) is 31.2 Å². The molecule has 0 radical (unpaired) electrons. The van der Waals surface area contributed by atoms with Crippen molar-refractivity contribution in [2.75, 3.05) is 16.1 Å². The fourth-order valence-corrected chi connectivity index (χ4v) is 6.79. The van der Waals surface area contributed by atoms with Gasteiger partial charge in [0.1, 0.15) is 15.5 Å². The summed E-state index contributed by atoms with van der Waals surface area (Å²) in [5.41, 5.74) is 3.40. The van der Waals surface area contributed by atoms with Gasteiger partial charge < -0.3 is 16.0 Å². The van der Waals surface area contributed by atoms with Crippen LogP contribution in [0.3, 0.4) is 0 Å². The van der Waals surface area contributed by atoms with E-state index in [1.807, 2.05) is 0 Å². The molecule has 3 aromatic rings.